The van der Waals surface area contributed by atoms with Crippen molar-refractivity contribution in [2.24, 2.45) is 0 Å². The number of piperazine rings is 1. The summed E-state index contributed by atoms with van der Waals surface area (Å²) in [6, 6.07) is 6.05. The molecule has 140 valence electrons. The molecule has 4 rings (SSSR count). The Morgan fingerprint density at radius 3 is 2.63 bits per heavy atom. The summed E-state index contributed by atoms with van der Waals surface area (Å²) in [4.78, 5) is 25.1. The van der Waals surface area contributed by atoms with Crippen LogP contribution in [0, 0.1) is 5.82 Å². The summed E-state index contributed by atoms with van der Waals surface area (Å²) >= 11 is 1.62. The number of aromatic nitrogens is 2. The van der Waals surface area contributed by atoms with Gasteiger partial charge in [-0.3, -0.25) is 4.79 Å². The second-order valence-corrected chi connectivity index (χ2v) is 7.18. The fraction of sp³-hybridized carbons (Fsp3) is 0.316. The molecule has 0 saturated carbocycles. The highest BCUT2D eigenvalue weighted by atomic mass is 32.1. The molecular formula is C19H19FN4O2S. The van der Waals surface area contributed by atoms with Crippen molar-refractivity contribution in [1.29, 1.82) is 0 Å². The average molecular weight is 386 g/mol. The van der Waals surface area contributed by atoms with Crippen molar-refractivity contribution in [3.8, 4) is 11.3 Å². The van der Waals surface area contributed by atoms with Gasteiger partial charge in [-0.1, -0.05) is 0 Å². The van der Waals surface area contributed by atoms with E-state index in [2.05, 4.69) is 14.9 Å². The van der Waals surface area contributed by atoms with Gasteiger partial charge in [-0.25, -0.2) is 14.4 Å². The van der Waals surface area contributed by atoms with Crippen LogP contribution in [-0.2, 0) is 11.2 Å². The third-order valence-corrected chi connectivity index (χ3v) is 5.39. The van der Waals surface area contributed by atoms with Crippen molar-refractivity contribution in [1.82, 2.24) is 14.9 Å². The summed E-state index contributed by atoms with van der Waals surface area (Å²) in [6.07, 6.45) is 4.22. The van der Waals surface area contributed by atoms with Gasteiger partial charge in [-0.2, -0.15) is 0 Å². The summed E-state index contributed by atoms with van der Waals surface area (Å²) in [6.45, 7) is 3.00. The lowest BCUT2D eigenvalue weighted by molar-refractivity contribution is -0.131. The molecule has 0 spiro atoms. The molecule has 3 heterocycles. The Labute approximate surface area is 160 Å². The second kappa shape index (κ2) is 7.87. The molecule has 0 atom stereocenters. The minimum Gasteiger partial charge on any atom is -0.441 e. The zero-order chi connectivity index (χ0) is 18.6. The molecule has 0 unspecified atom stereocenters. The predicted octanol–water partition coefficient (Wildman–Crippen LogP) is 3.22. The first-order valence-electron chi connectivity index (χ1n) is 8.82. The maximum absolute atomic E-state index is 13.0. The van der Waals surface area contributed by atoms with Crippen LogP contribution >= 0.6 is 11.3 Å². The number of carbonyl (C=O) groups is 1. The molecule has 0 radical (unpaired) electrons. The van der Waals surface area contributed by atoms with Gasteiger partial charge < -0.3 is 14.2 Å². The number of aryl methyl sites for hydroxylation is 1. The van der Waals surface area contributed by atoms with Crippen molar-refractivity contribution in [2.75, 3.05) is 31.1 Å². The molecule has 1 aliphatic rings. The smallest absolute Gasteiger partial charge is 0.223 e. The lowest BCUT2D eigenvalue weighted by Gasteiger charge is -2.34. The Kier molecular flexibility index (Phi) is 5.15. The zero-order valence-corrected chi connectivity index (χ0v) is 15.5. The van der Waals surface area contributed by atoms with Gasteiger partial charge in [0, 0.05) is 56.2 Å². The van der Waals surface area contributed by atoms with Crippen LogP contribution in [-0.4, -0.2) is 47.0 Å². The molecule has 0 bridgehead atoms. The van der Waals surface area contributed by atoms with E-state index in [4.69, 9.17) is 4.42 Å². The molecule has 1 aliphatic heterocycles. The van der Waals surface area contributed by atoms with Crippen molar-refractivity contribution in [3.63, 3.8) is 0 Å². The Hall–Kier alpha value is -2.74. The first-order chi connectivity index (χ1) is 13.2. The van der Waals surface area contributed by atoms with Crippen molar-refractivity contribution < 1.29 is 13.6 Å². The molecule has 27 heavy (non-hydrogen) atoms. The van der Waals surface area contributed by atoms with E-state index in [1.807, 2.05) is 10.3 Å². The lowest BCUT2D eigenvalue weighted by Crippen LogP contribution is -2.48. The molecule has 6 nitrogen and oxygen atoms in total. The van der Waals surface area contributed by atoms with E-state index < -0.39 is 0 Å². The highest BCUT2D eigenvalue weighted by molar-refractivity contribution is 7.13. The largest absolute Gasteiger partial charge is 0.441 e. The highest BCUT2D eigenvalue weighted by Crippen LogP contribution is 2.22. The van der Waals surface area contributed by atoms with Gasteiger partial charge in [0.1, 0.15) is 5.82 Å². The number of anilines is 1. The second-order valence-electron chi connectivity index (χ2n) is 6.31. The normalized spacial score (nSPS) is 14.6. The quantitative estimate of drug-likeness (QED) is 0.674. The van der Waals surface area contributed by atoms with E-state index in [1.165, 1.54) is 12.1 Å². The highest BCUT2D eigenvalue weighted by Gasteiger charge is 2.22. The molecule has 1 amide bonds. The minimum absolute atomic E-state index is 0.107. The van der Waals surface area contributed by atoms with Crippen LogP contribution in [0.2, 0.25) is 0 Å². The number of halogens is 1. The Morgan fingerprint density at radius 1 is 1.15 bits per heavy atom. The van der Waals surface area contributed by atoms with Gasteiger partial charge in [0.15, 0.2) is 16.8 Å². The summed E-state index contributed by atoms with van der Waals surface area (Å²) < 4.78 is 18.7. The maximum atomic E-state index is 13.0. The number of rotatable bonds is 5. The molecule has 8 heteroatoms. The number of thiazole rings is 1. The first-order valence-corrected chi connectivity index (χ1v) is 9.70. The third kappa shape index (κ3) is 4.16. The summed E-state index contributed by atoms with van der Waals surface area (Å²) in [7, 11) is 0. The van der Waals surface area contributed by atoms with E-state index in [9.17, 15) is 9.18 Å². The molecule has 1 fully saturated rings. The van der Waals surface area contributed by atoms with E-state index in [0.717, 1.165) is 23.8 Å². The number of amides is 1. The molecule has 0 aliphatic carbocycles. The maximum Gasteiger partial charge on any atom is 0.223 e. The van der Waals surface area contributed by atoms with Crippen LogP contribution in [0.4, 0.5) is 9.52 Å². The predicted molar refractivity (Wildman–Crippen MR) is 101 cm³/mol. The Balaban J connectivity index is 1.28. The van der Waals surface area contributed by atoms with E-state index in [1.54, 1.807) is 35.9 Å². The van der Waals surface area contributed by atoms with Crippen molar-refractivity contribution in [3.05, 3.63) is 53.7 Å². The molecule has 1 aromatic carbocycles. The molecule has 2 aromatic heterocycles. The van der Waals surface area contributed by atoms with Crippen LogP contribution in [0.15, 0.2) is 46.5 Å². The van der Waals surface area contributed by atoms with Crippen LogP contribution in [0.1, 0.15) is 12.3 Å². The minimum atomic E-state index is -0.293. The number of carbonyl (C=O) groups excluding carboxylic acids is 1. The molecule has 1 saturated heterocycles. The van der Waals surface area contributed by atoms with E-state index >= 15 is 0 Å². The third-order valence-electron chi connectivity index (χ3n) is 4.56. The van der Waals surface area contributed by atoms with Gasteiger partial charge in [0.05, 0.1) is 6.20 Å². The van der Waals surface area contributed by atoms with Crippen LogP contribution in [0.3, 0.4) is 0 Å². The lowest BCUT2D eigenvalue weighted by atomic mass is 10.2. The van der Waals surface area contributed by atoms with Gasteiger partial charge in [0.2, 0.25) is 5.91 Å². The van der Waals surface area contributed by atoms with Crippen LogP contribution in [0.25, 0.3) is 11.3 Å². The number of hydrogen-bond acceptors (Lipinski definition) is 6. The fourth-order valence-electron chi connectivity index (χ4n) is 3.06. The Morgan fingerprint density at radius 2 is 1.93 bits per heavy atom. The van der Waals surface area contributed by atoms with Gasteiger partial charge in [-0.15, -0.1) is 11.3 Å². The number of hydrogen-bond donors (Lipinski definition) is 0. The summed E-state index contributed by atoms with van der Waals surface area (Å²) in [5.74, 6) is 0.910. The molecule has 0 N–H and O–H groups in total. The molecular weight excluding hydrogens is 367 g/mol. The van der Waals surface area contributed by atoms with Gasteiger partial charge >= 0.3 is 0 Å². The van der Waals surface area contributed by atoms with E-state index in [0.29, 0.717) is 37.6 Å². The van der Waals surface area contributed by atoms with Crippen molar-refractivity contribution >= 4 is 22.4 Å². The van der Waals surface area contributed by atoms with Crippen LogP contribution < -0.4 is 4.90 Å². The van der Waals surface area contributed by atoms with Crippen LogP contribution in [0.5, 0.6) is 0 Å². The fourth-order valence-corrected chi connectivity index (χ4v) is 3.76. The first kappa shape index (κ1) is 17.7. The number of oxazole rings is 1. The molecule has 3 aromatic rings. The zero-order valence-electron chi connectivity index (χ0n) is 14.7. The van der Waals surface area contributed by atoms with E-state index in [-0.39, 0.29) is 11.7 Å². The average Bonchev–Trinajstić information content (AvgIpc) is 3.39. The topological polar surface area (TPSA) is 62.5 Å². The van der Waals surface area contributed by atoms with Gasteiger partial charge in [0.25, 0.3) is 0 Å². The monoisotopic (exact) mass is 386 g/mol. The summed E-state index contributed by atoms with van der Waals surface area (Å²) in [5.41, 5.74) is 0.764. The van der Waals surface area contributed by atoms with Crippen molar-refractivity contribution in [2.45, 2.75) is 12.8 Å². The number of nitrogens with zero attached hydrogens (tertiary/aromatic N) is 4. The summed E-state index contributed by atoms with van der Waals surface area (Å²) in [5, 5.41) is 2.97. The standard InChI is InChI=1S/C19H19FN4O2S/c20-15-3-1-14(2-4-15)16-13-22-17(26-16)5-6-18(25)23-8-10-24(11-9-23)19-21-7-12-27-19/h1-4,7,12-13H,5-6,8-11H2. The number of benzene rings is 1. The SMILES string of the molecule is O=C(CCc1ncc(-c2ccc(F)cc2)o1)N1CCN(c2nccs2)CC1. The Bertz CT molecular complexity index is 887. The van der Waals surface area contributed by atoms with Gasteiger partial charge in [-0.05, 0) is 24.3 Å².